The van der Waals surface area contributed by atoms with E-state index in [1.54, 1.807) is 31.4 Å². The van der Waals surface area contributed by atoms with Crippen molar-refractivity contribution < 1.29 is 9.13 Å². The molecule has 1 aromatic carbocycles. The molecule has 1 aromatic heterocycles. The molecule has 0 radical (unpaired) electrons. The van der Waals surface area contributed by atoms with Crippen LogP contribution in [0.1, 0.15) is 26.3 Å². The van der Waals surface area contributed by atoms with Gasteiger partial charge in [0, 0.05) is 57.1 Å². The minimum atomic E-state index is -0.338. The molecule has 3 rings (SSSR count). The Morgan fingerprint density at radius 2 is 2.10 bits per heavy atom. The Hall–Kier alpha value is -1.94. The highest BCUT2D eigenvalue weighted by atomic mass is 127. The maximum atomic E-state index is 13.2. The minimum absolute atomic E-state index is 0. The highest BCUT2D eigenvalue weighted by Crippen LogP contribution is 2.20. The summed E-state index contributed by atoms with van der Waals surface area (Å²) in [7, 11) is 1.78. The second-order valence-electron chi connectivity index (χ2n) is 7.77. The molecular weight excluding hydrogens is 496 g/mol. The Morgan fingerprint density at radius 1 is 1.30 bits per heavy atom. The van der Waals surface area contributed by atoms with Gasteiger partial charge in [-0.2, -0.15) is 0 Å². The van der Waals surface area contributed by atoms with Gasteiger partial charge in [-0.1, -0.05) is 19.1 Å². The molecule has 0 saturated carbocycles. The molecule has 2 atom stereocenters. The first-order valence-corrected chi connectivity index (χ1v) is 10.0. The normalized spacial score (nSPS) is 19.5. The summed E-state index contributed by atoms with van der Waals surface area (Å²) in [6.45, 7) is 9.46. The molecule has 2 unspecified atom stereocenters. The van der Waals surface area contributed by atoms with Gasteiger partial charge < -0.3 is 15.4 Å². The lowest BCUT2D eigenvalue weighted by atomic mass is 10.1. The Kier molecular flexibility index (Phi) is 9.29. The highest BCUT2D eigenvalue weighted by Gasteiger charge is 2.31. The number of rotatable bonds is 6. The summed E-state index contributed by atoms with van der Waals surface area (Å²) < 4.78 is 18.8. The second kappa shape index (κ2) is 11.5. The first kappa shape index (κ1) is 24.3. The molecule has 2 aromatic rings. The Bertz CT molecular complexity index is 831. The first-order chi connectivity index (χ1) is 13.9. The zero-order chi connectivity index (χ0) is 20.8. The highest BCUT2D eigenvalue weighted by molar-refractivity contribution is 14.0. The summed E-state index contributed by atoms with van der Waals surface area (Å²) in [4.78, 5) is 11.1. The average molecular weight is 527 g/mol. The molecule has 2 heterocycles. The number of likely N-dealkylation sites (tertiary alicyclic amines) is 1. The molecule has 2 N–H and O–H groups in total. The van der Waals surface area contributed by atoms with Crippen LogP contribution in [0.4, 0.5) is 4.39 Å². The lowest BCUT2D eigenvalue weighted by Crippen LogP contribution is -2.46. The van der Waals surface area contributed by atoms with Crippen LogP contribution in [0.15, 0.2) is 47.6 Å². The van der Waals surface area contributed by atoms with Crippen LogP contribution in [0.25, 0.3) is 0 Å². The van der Waals surface area contributed by atoms with Crippen molar-refractivity contribution in [2.24, 2.45) is 10.9 Å². The molecule has 1 fully saturated rings. The van der Waals surface area contributed by atoms with Crippen molar-refractivity contribution in [3.8, 4) is 11.6 Å². The van der Waals surface area contributed by atoms with Crippen molar-refractivity contribution in [1.29, 1.82) is 0 Å². The van der Waals surface area contributed by atoms with E-state index in [0.717, 1.165) is 24.6 Å². The van der Waals surface area contributed by atoms with E-state index in [2.05, 4.69) is 46.3 Å². The predicted octanol–water partition coefficient (Wildman–Crippen LogP) is 4.02. The zero-order valence-electron chi connectivity index (χ0n) is 17.9. The predicted molar refractivity (Wildman–Crippen MR) is 129 cm³/mol. The maximum absolute atomic E-state index is 13.2. The molecule has 30 heavy (non-hydrogen) atoms. The summed E-state index contributed by atoms with van der Waals surface area (Å²) in [5.74, 6) is 1.87. The van der Waals surface area contributed by atoms with Gasteiger partial charge in [0.2, 0.25) is 5.88 Å². The second-order valence-corrected chi connectivity index (χ2v) is 7.77. The van der Waals surface area contributed by atoms with E-state index >= 15 is 0 Å². The van der Waals surface area contributed by atoms with Gasteiger partial charge in [-0.3, -0.25) is 9.89 Å². The number of nitrogens with one attached hydrogen (secondary N) is 2. The van der Waals surface area contributed by atoms with Crippen molar-refractivity contribution in [1.82, 2.24) is 20.5 Å². The number of guanidine groups is 1. The summed E-state index contributed by atoms with van der Waals surface area (Å²) in [6.07, 6.45) is 1.74. The summed E-state index contributed by atoms with van der Waals surface area (Å²) in [5.41, 5.74) is 1.00. The zero-order valence-corrected chi connectivity index (χ0v) is 20.3. The molecule has 0 aliphatic carbocycles. The number of hydrogen-bond donors (Lipinski definition) is 2. The molecule has 1 aliphatic rings. The number of pyridine rings is 1. The minimum Gasteiger partial charge on any atom is -0.439 e. The molecule has 1 aliphatic heterocycles. The Balaban J connectivity index is 0.00000320. The topological polar surface area (TPSA) is 61.8 Å². The first-order valence-electron chi connectivity index (χ1n) is 10.0. The number of halogens is 2. The number of benzene rings is 1. The lowest BCUT2D eigenvalue weighted by Gasteiger charge is -2.22. The Labute approximate surface area is 195 Å². The van der Waals surface area contributed by atoms with Gasteiger partial charge in [-0.05, 0) is 37.5 Å². The number of ether oxygens (including phenoxy) is 1. The van der Waals surface area contributed by atoms with E-state index in [4.69, 9.17) is 4.74 Å². The van der Waals surface area contributed by atoms with Crippen LogP contribution >= 0.6 is 24.0 Å². The lowest BCUT2D eigenvalue weighted by molar-refractivity contribution is 0.265. The third-order valence-corrected chi connectivity index (χ3v) is 5.19. The van der Waals surface area contributed by atoms with Gasteiger partial charge in [-0.25, -0.2) is 9.37 Å². The van der Waals surface area contributed by atoms with E-state index in [9.17, 15) is 4.39 Å². The fourth-order valence-corrected chi connectivity index (χ4v) is 3.40. The molecule has 164 valence electrons. The van der Waals surface area contributed by atoms with Crippen LogP contribution in [0.5, 0.6) is 11.6 Å². The molecule has 0 spiro atoms. The average Bonchev–Trinajstić information content (AvgIpc) is 3.07. The van der Waals surface area contributed by atoms with E-state index in [0.29, 0.717) is 36.2 Å². The fourth-order valence-electron chi connectivity index (χ4n) is 3.40. The summed E-state index contributed by atoms with van der Waals surface area (Å²) >= 11 is 0. The third kappa shape index (κ3) is 6.80. The van der Waals surface area contributed by atoms with Crippen LogP contribution < -0.4 is 15.4 Å². The van der Waals surface area contributed by atoms with Crippen molar-refractivity contribution >= 4 is 29.9 Å². The standard InChI is InChI=1S/C22H30FN5O.HI/c1-15(2)28-13-16(3)20(14-28)27-22(24-4)26-12-17-8-9-21(25-11-17)29-19-7-5-6-18(23)10-19;/h5-11,15-16,20H,12-14H2,1-4H3,(H2,24,26,27);1H. The van der Waals surface area contributed by atoms with Gasteiger partial charge in [0.05, 0.1) is 0 Å². The van der Waals surface area contributed by atoms with Crippen LogP contribution in [-0.4, -0.2) is 48.1 Å². The summed E-state index contributed by atoms with van der Waals surface area (Å²) in [5, 5.41) is 6.88. The van der Waals surface area contributed by atoms with Gasteiger partial charge in [0.25, 0.3) is 0 Å². The molecular formula is C22H31FIN5O. The quantitative estimate of drug-likeness (QED) is 0.338. The molecule has 0 bridgehead atoms. The number of nitrogens with zero attached hydrogens (tertiary/aromatic N) is 3. The van der Waals surface area contributed by atoms with E-state index < -0.39 is 0 Å². The molecule has 8 heteroatoms. The monoisotopic (exact) mass is 527 g/mol. The SMILES string of the molecule is CN=C(NCc1ccc(Oc2cccc(F)c2)nc1)NC1CN(C(C)C)CC1C.I. The number of aromatic nitrogens is 1. The van der Waals surface area contributed by atoms with Gasteiger partial charge in [-0.15, -0.1) is 24.0 Å². The molecule has 0 amide bonds. The van der Waals surface area contributed by atoms with Crippen LogP contribution in [0, 0.1) is 11.7 Å². The third-order valence-electron chi connectivity index (χ3n) is 5.19. The van der Waals surface area contributed by atoms with Crippen LogP contribution in [0.2, 0.25) is 0 Å². The van der Waals surface area contributed by atoms with Gasteiger partial charge in [0.15, 0.2) is 5.96 Å². The van der Waals surface area contributed by atoms with Gasteiger partial charge >= 0.3 is 0 Å². The van der Waals surface area contributed by atoms with E-state index in [1.165, 1.54) is 12.1 Å². The maximum Gasteiger partial charge on any atom is 0.219 e. The van der Waals surface area contributed by atoms with Crippen LogP contribution in [0.3, 0.4) is 0 Å². The van der Waals surface area contributed by atoms with Crippen molar-refractivity contribution in [2.75, 3.05) is 20.1 Å². The van der Waals surface area contributed by atoms with E-state index in [-0.39, 0.29) is 29.8 Å². The number of hydrogen-bond acceptors (Lipinski definition) is 4. The molecule has 6 nitrogen and oxygen atoms in total. The van der Waals surface area contributed by atoms with Crippen molar-refractivity contribution in [3.05, 3.63) is 54.0 Å². The van der Waals surface area contributed by atoms with Crippen molar-refractivity contribution in [3.63, 3.8) is 0 Å². The Morgan fingerprint density at radius 3 is 2.70 bits per heavy atom. The van der Waals surface area contributed by atoms with Crippen molar-refractivity contribution in [2.45, 2.75) is 39.4 Å². The summed E-state index contributed by atoms with van der Waals surface area (Å²) in [6, 6.07) is 10.6. The van der Waals surface area contributed by atoms with E-state index in [1.807, 2.05) is 6.07 Å². The smallest absolute Gasteiger partial charge is 0.219 e. The van der Waals surface area contributed by atoms with Gasteiger partial charge in [0.1, 0.15) is 11.6 Å². The fraction of sp³-hybridized carbons (Fsp3) is 0.455. The number of aliphatic imine (C=N–C) groups is 1. The molecule has 1 saturated heterocycles. The largest absolute Gasteiger partial charge is 0.439 e. The van der Waals surface area contributed by atoms with Crippen LogP contribution in [-0.2, 0) is 6.54 Å².